The number of aliphatic carboxylic acids is 1. The maximum atomic E-state index is 11.6. The van der Waals surface area contributed by atoms with Crippen LogP contribution in [0.3, 0.4) is 0 Å². The van der Waals surface area contributed by atoms with Crippen LogP contribution in [0, 0.1) is 10.1 Å². The van der Waals surface area contributed by atoms with Gasteiger partial charge in [0.2, 0.25) is 5.91 Å². The molecule has 1 saturated heterocycles. The average Bonchev–Trinajstić information content (AvgIpc) is 2.92. The number of carbonyl (C=O) groups excluding carboxylic acids is 2. The first-order chi connectivity index (χ1) is 12.9. The number of fused-ring (bicyclic) bond motifs is 1. The van der Waals surface area contributed by atoms with Crippen molar-refractivity contribution in [3.8, 4) is 0 Å². The van der Waals surface area contributed by atoms with E-state index in [-0.39, 0.29) is 42.3 Å². The van der Waals surface area contributed by atoms with E-state index in [1.54, 1.807) is 0 Å². The van der Waals surface area contributed by atoms with E-state index in [4.69, 9.17) is 9.47 Å². The molecule has 10 nitrogen and oxygen atoms in total. The van der Waals surface area contributed by atoms with Crippen molar-refractivity contribution in [3.05, 3.63) is 50.5 Å². The van der Waals surface area contributed by atoms with E-state index in [1.807, 2.05) is 0 Å². The molecule has 0 saturated carbocycles. The molecule has 0 radical (unpaired) electrons. The van der Waals surface area contributed by atoms with Gasteiger partial charge in [-0.05, 0) is 17.7 Å². The quantitative estimate of drug-likeness (QED) is 0.319. The molecule has 0 aliphatic carbocycles. The summed E-state index contributed by atoms with van der Waals surface area (Å²) in [6, 6.07) is 5.52. The van der Waals surface area contributed by atoms with Crippen LogP contribution in [0.4, 0.5) is 10.5 Å². The monoisotopic (exact) mass is 394 g/mol. The number of carboxylic acid groups (broad SMARTS) is 1. The number of non-ortho nitro benzene ring substituents is 1. The minimum atomic E-state index is -1.19. The van der Waals surface area contributed by atoms with E-state index in [0.29, 0.717) is 16.9 Å². The van der Waals surface area contributed by atoms with Crippen molar-refractivity contribution in [2.24, 2.45) is 0 Å². The van der Waals surface area contributed by atoms with Crippen LogP contribution in [0.5, 0.6) is 0 Å². The highest BCUT2D eigenvalue weighted by Gasteiger charge is 2.48. The zero-order valence-electron chi connectivity index (χ0n) is 13.8. The number of benzene rings is 1. The number of amides is 1. The number of carbonyl (C=O) groups is 3. The summed E-state index contributed by atoms with van der Waals surface area (Å²) in [4.78, 5) is 46.2. The normalized spacial score (nSPS) is 18.0. The van der Waals surface area contributed by atoms with Crippen molar-refractivity contribution in [2.45, 2.75) is 24.8 Å². The summed E-state index contributed by atoms with van der Waals surface area (Å²) in [5.74, 6) is -1.42. The predicted octanol–water partition coefficient (Wildman–Crippen LogP) is 2.24. The fourth-order valence-corrected chi connectivity index (χ4v) is 4.01. The lowest BCUT2D eigenvalue weighted by Crippen LogP contribution is -2.48. The molecule has 0 bridgehead atoms. The summed E-state index contributed by atoms with van der Waals surface area (Å²) in [5.41, 5.74) is 0.438. The lowest BCUT2D eigenvalue weighted by molar-refractivity contribution is -0.384. The van der Waals surface area contributed by atoms with Crippen LogP contribution in [0.25, 0.3) is 0 Å². The maximum absolute atomic E-state index is 11.6. The number of carboxylic acids is 1. The minimum absolute atomic E-state index is 0.0518. The molecule has 1 fully saturated rings. The molecule has 1 aromatic carbocycles. The first-order valence-electron chi connectivity index (χ1n) is 7.85. The largest absolute Gasteiger partial charge is 0.508 e. The van der Waals surface area contributed by atoms with Crippen LogP contribution in [-0.2, 0) is 25.7 Å². The van der Waals surface area contributed by atoms with Gasteiger partial charge in [-0.15, -0.1) is 11.8 Å². The van der Waals surface area contributed by atoms with Crippen LogP contribution >= 0.6 is 11.8 Å². The van der Waals surface area contributed by atoms with Crippen molar-refractivity contribution < 1.29 is 33.9 Å². The molecular formula is C16H14N2O8S. The van der Waals surface area contributed by atoms with Crippen LogP contribution in [-0.4, -0.2) is 44.9 Å². The summed E-state index contributed by atoms with van der Waals surface area (Å²) in [6.07, 6.45) is -0.476. The second-order valence-electron chi connectivity index (χ2n) is 5.68. The highest BCUT2D eigenvalue weighted by molar-refractivity contribution is 8.04. The van der Waals surface area contributed by atoms with Gasteiger partial charge in [0.1, 0.15) is 12.3 Å². The third-order valence-electron chi connectivity index (χ3n) is 3.94. The van der Waals surface area contributed by atoms with Gasteiger partial charge in [0.15, 0.2) is 0 Å². The van der Waals surface area contributed by atoms with Gasteiger partial charge >= 0.3 is 12.1 Å². The zero-order chi connectivity index (χ0) is 19.6. The van der Waals surface area contributed by atoms with Gasteiger partial charge in [-0.3, -0.25) is 19.8 Å². The average molecular weight is 394 g/mol. The Hall–Kier alpha value is -3.08. The molecule has 1 N–H and O–H groups in total. The molecule has 0 aromatic heterocycles. The topological polar surface area (TPSA) is 136 Å². The molecule has 2 aliphatic heterocycles. The van der Waals surface area contributed by atoms with Gasteiger partial charge in [0, 0.05) is 23.5 Å². The number of hydrogen-bond acceptors (Lipinski definition) is 8. The Kier molecular flexibility index (Phi) is 5.31. The Bertz CT molecular complexity index is 835. The lowest BCUT2D eigenvalue weighted by atomic mass is 10.1. The summed E-state index contributed by atoms with van der Waals surface area (Å²) in [5, 5.41) is 19.6. The molecule has 2 aliphatic rings. The highest BCUT2D eigenvalue weighted by Crippen LogP contribution is 2.47. The minimum Gasteiger partial charge on any atom is -0.477 e. The Labute approximate surface area is 156 Å². The van der Waals surface area contributed by atoms with Gasteiger partial charge in [0.05, 0.1) is 23.3 Å². The summed E-state index contributed by atoms with van der Waals surface area (Å²) < 4.78 is 9.82. The van der Waals surface area contributed by atoms with Gasteiger partial charge in [-0.1, -0.05) is 0 Å². The number of ether oxygens (including phenoxy) is 2. The number of hydrogen-bond donors (Lipinski definition) is 1. The maximum Gasteiger partial charge on any atom is 0.508 e. The van der Waals surface area contributed by atoms with Crippen molar-refractivity contribution in [2.75, 3.05) is 6.61 Å². The number of nitro groups is 1. The Balaban J connectivity index is 1.45. The van der Waals surface area contributed by atoms with E-state index >= 15 is 0 Å². The number of thioether (sulfide) groups is 1. The van der Waals surface area contributed by atoms with Crippen molar-refractivity contribution in [1.82, 2.24) is 4.90 Å². The van der Waals surface area contributed by atoms with E-state index < -0.39 is 17.0 Å². The van der Waals surface area contributed by atoms with Crippen LogP contribution in [0.1, 0.15) is 18.4 Å². The molecule has 1 atom stereocenters. The van der Waals surface area contributed by atoms with Gasteiger partial charge < -0.3 is 14.6 Å². The van der Waals surface area contributed by atoms with E-state index in [1.165, 1.54) is 40.9 Å². The molecule has 3 rings (SSSR count). The third-order valence-corrected chi connectivity index (χ3v) is 5.28. The molecule has 1 amide bonds. The van der Waals surface area contributed by atoms with Crippen LogP contribution in [0.15, 0.2) is 34.9 Å². The molecule has 2 heterocycles. The summed E-state index contributed by atoms with van der Waals surface area (Å²) in [7, 11) is 0. The SMILES string of the molecule is O=C(OCCC1=C(C(=O)O)N2C(=O)C[C@H]2S1)OCc1ccc([N+](=O)[O-])cc1. The van der Waals surface area contributed by atoms with E-state index in [2.05, 4.69) is 0 Å². The van der Waals surface area contributed by atoms with E-state index in [9.17, 15) is 29.6 Å². The second kappa shape index (κ2) is 7.66. The highest BCUT2D eigenvalue weighted by atomic mass is 32.2. The summed E-state index contributed by atoms with van der Waals surface area (Å²) >= 11 is 1.28. The molecule has 0 unspecified atom stereocenters. The second-order valence-corrected chi connectivity index (χ2v) is 6.95. The van der Waals surface area contributed by atoms with Crippen molar-refractivity contribution in [3.63, 3.8) is 0 Å². The molecular weight excluding hydrogens is 380 g/mol. The number of rotatable bonds is 7. The van der Waals surface area contributed by atoms with Crippen LogP contribution < -0.4 is 0 Å². The lowest BCUT2D eigenvalue weighted by Gasteiger charge is -2.33. The first-order valence-corrected chi connectivity index (χ1v) is 8.73. The van der Waals surface area contributed by atoms with Gasteiger partial charge in [0.25, 0.3) is 5.69 Å². The standard InChI is InChI=1S/C16H14N2O8S/c19-12-7-13-17(12)14(15(20)21)11(27-13)5-6-25-16(22)26-8-9-1-3-10(4-2-9)18(23)24/h1-4,13H,5-8H2,(H,20,21)/t13-/m1/s1. The Morgan fingerprint density at radius 3 is 2.59 bits per heavy atom. The zero-order valence-corrected chi connectivity index (χ0v) is 14.6. The van der Waals surface area contributed by atoms with Crippen LogP contribution in [0.2, 0.25) is 0 Å². The molecule has 1 aromatic rings. The fraction of sp³-hybridized carbons (Fsp3) is 0.312. The first kappa shape index (κ1) is 18.7. The fourth-order valence-electron chi connectivity index (χ4n) is 2.63. The van der Waals surface area contributed by atoms with Crippen molar-refractivity contribution >= 4 is 35.5 Å². The number of nitro benzene ring substituents is 1. The smallest absolute Gasteiger partial charge is 0.477 e. The van der Waals surface area contributed by atoms with Crippen molar-refractivity contribution in [1.29, 1.82) is 0 Å². The predicted molar refractivity (Wildman–Crippen MR) is 91.4 cm³/mol. The third kappa shape index (κ3) is 4.03. The van der Waals surface area contributed by atoms with Gasteiger partial charge in [-0.2, -0.15) is 0 Å². The number of β-lactam (4-membered cyclic amide) rings is 1. The van der Waals surface area contributed by atoms with Gasteiger partial charge in [-0.25, -0.2) is 9.59 Å². The molecule has 142 valence electrons. The molecule has 27 heavy (non-hydrogen) atoms. The number of nitrogens with zero attached hydrogens (tertiary/aromatic N) is 2. The Morgan fingerprint density at radius 2 is 2.00 bits per heavy atom. The summed E-state index contributed by atoms with van der Waals surface area (Å²) in [6.45, 7) is -0.202. The van der Waals surface area contributed by atoms with E-state index in [0.717, 1.165) is 0 Å². The molecule has 0 spiro atoms. The molecule has 11 heteroatoms. The Morgan fingerprint density at radius 1 is 1.30 bits per heavy atom.